The first kappa shape index (κ1) is 13.1. The molecule has 0 saturated carbocycles. The molecule has 0 spiro atoms. The highest BCUT2D eigenvalue weighted by Gasteiger charge is 2.32. The molecule has 1 fully saturated rings. The Morgan fingerprint density at radius 3 is 3.00 bits per heavy atom. The van der Waals surface area contributed by atoms with Crippen LogP contribution in [-0.2, 0) is 0 Å². The van der Waals surface area contributed by atoms with E-state index in [1.807, 2.05) is 32.2 Å². The molecule has 2 heterocycles. The largest absolute Gasteiger partial charge is 0.487 e. The summed E-state index contributed by atoms with van der Waals surface area (Å²) >= 11 is 0. The lowest BCUT2D eigenvalue weighted by Gasteiger charge is -2.28. The van der Waals surface area contributed by atoms with Crippen LogP contribution in [0.3, 0.4) is 0 Å². The van der Waals surface area contributed by atoms with Gasteiger partial charge in [-0.15, -0.1) is 0 Å². The van der Waals surface area contributed by atoms with Crippen LogP contribution in [0.25, 0.3) is 0 Å². The Kier molecular flexibility index (Phi) is 4.07. The number of nitrogens with zero attached hydrogens (tertiary/aromatic N) is 2. The van der Waals surface area contributed by atoms with Crippen molar-refractivity contribution in [1.29, 1.82) is 0 Å². The molecule has 4 heteroatoms. The number of hydrogen-bond donors (Lipinski definition) is 1. The molecule has 18 heavy (non-hydrogen) atoms. The van der Waals surface area contributed by atoms with Gasteiger partial charge in [0.25, 0.3) is 0 Å². The lowest BCUT2D eigenvalue weighted by molar-refractivity contribution is 0.241. The van der Waals surface area contributed by atoms with Crippen LogP contribution >= 0.6 is 0 Å². The highest BCUT2D eigenvalue weighted by Crippen LogP contribution is 2.34. The Hall–Kier alpha value is -1.29. The molecule has 2 atom stereocenters. The molecule has 1 saturated heterocycles. The first-order valence-corrected chi connectivity index (χ1v) is 6.72. The molecule has 2 unspecified atom stereocenters. The standard InChI is InChI=1S/C14H23N3O/c1-10(2)18-13-5-4-7-16-14(13)17-8-6-11(3)12(17)9-15/h4-5,7,10-12H,6,8-9,15H2,1-3H3. The zero-order valence-electron chi connectivity index (χ0n) is 11.5. The number of aromatic nitrogens is 1. The van der Waals surface area contributed by atoms with Crippen molar-refractivity contribution >= 4 is 5.82 Å². The number of ether oxygens (including phenoxy) is 1. The van der Waals surface area contributed by atoms with Crippen LogP contribution in [0.2, 0.25) is 0 Å². The van der Waals surface area contributed by atoms with Crippen LogP contribution in [0, 0.1) is 5.92 Å². The van der Waals surface area contributed by atoms with Gasteiger partial charge in [-0.05, 0) is 38.3 Å². The van der Waals surface area contributed by atoms with Gasteiger partial charge in [-0.25, -0.2) is 4.98 Å². The highest BCUT2D eigenvalue weighted by molar-refractivity contribution is 5.54. The summed E-state index contributed by atoms with van der Waals surface area (Å²) in [5.41, 5.74) is 5.89. The van der Waals surface area contributed by atoms with Crippen LogP contribution in [0.5, 0.6) is 5.75 Å². The lowest BCUT2D eigenvalue weighted by Crippen LogP contribution is -2.39. The van der Waals surface area contributed by atoms with E-state index < -0.39 is 0 Å². The number of hydrogen-bond acceptors (Lipinski definition) is 4. The molecule has 0 bridgehead atoms. The van der Waals surface area contributed by atoms with Gasteiger partial charge >= 0.3 is 0 Å². The summed E-state index contributed by atoms with van der Waals surface area (Å²) in [7, 11) is 0. The van der Waals surface area contributed by atoms with Gasteiger partial charge in [-0.3, -0.25) is 0 Å². The van der Waals surface area contributed by atoms with E-state index in [1.165, 1.54) is 6.42 Å². The van der Waals surface area contributed by atoms with E-state index in [0.717, 1.165) is 18.1 Å². The van der Waals surface area contributed by atoms with Gasteiger partial charge in [0.2, 0.25) is 0 Å². The van der Waals surface area contributed by atoms with E-state index in [1.54, 1.807) is 0 Å². The van der Waals surface area contributed by atoms with Crippen molar-refractivity contribution < 1.29 is 4.74 Å². The Morgan fingerprint density at radius 1 is 1.56 bits per heavy atom. The monoisotopic (exact) mass is 249 g/mol. The maximum Gasteiger partial charge on any atom is 0.171 e. The number of anilines is 1. The van der Waals surface area contributed by atoms with Gasteiger partial charge in [0, 0.05) is 25.3 Å². The first-order valence-electron chi connectivity index (χ1n) is 6.72. The maximum atomic E-state index is 5.89. The third-order valence-electron chi connectivity index (χ3n) is 3.51. The fourth-order valence-electron chi connectivity index (χ4n) is 2.57. The van der Waals surface area contributed by atoms with E-state index in [9.17, 15) is 0 Å². The number of nitrogens with two attached hydrogens (primary N) is 1. The van der Waals surface area contributed by atoms with E-state index in [-0.39, 0.29) is 6.10 Å². The van der Waals surface area contributed by atoms with Gasteiger partial charge in [0.15, 0.2) is 11.6 Å². The van der Waals surface area contributed by atoms with Crippen LogP contribution in [-0.4, -0.2) is 30.2 Å². The molecule has 2 N–H and O–H groups in total. The van der Waals surface area contributed by atoms with Crippen molar-refractivity contribution in [3.8, 4) is 5.75 Å². The zero-order chi connectivity index (χ0) is 13.1. The molecule has 0 aromatic carbocycles. The molecule has 1 aromatic rings. The fourth-order valence-corrected chi connectivity index (χ4v) is 2.57. The molecule has 4 nitrogen and oxygen atoms in total. The average Bonchev–Trinajstić information content (AvgIpc) is 2.70. The maximum absolute atomic E-state index is 5.89. The van der Waals surface area contributed by atoms with Gasteiger partial charge in [-0.2, -0.15) is 0 Å². The molecule has 2 rings (SSSR count). The number of pyridine rings is 1. The predicted molar refractivity (Wildman–Crippen MR) is 74.0 cm³/mol. The summed E-state index contributed by atoms with van der Waals surface area (Å²) < 4.78 is 5.84. The molecule has 1 aliphatic heterocycles. The molecule has 1 aromatic heterocycles. The van der Waals surface area contributed by atoms with Gasteiger partial charge in [0.05, 0.1) is 6.10 Å². The Balaban J connectivity index is 2.27. The molecular formula is C14H23N3O. The Morgan fingerprint density at radius 2 is 2.33 bits per heavy atom. The molecule has 0 amide bonds. The molecule has 1 aliphatic rings. The predicted octanol–water partition coefficient (Wildman–Crippen LogP) is 2.04. The van der Waals surface area contributed by atoms with Crippen LogP contribution in [0.4, 0.5) is 5.82 Å². The van der Waals surface area contributed by atoms with Crippen molar-refractivity contribution in [3.05, 3.63) is 18.3 Å². The average molecular weight is 249 g/mol. The van der Waals surface area contributed by atoms with E-state index >= 15 is 0 Å². The van der Waals surface area contributed by atoms with Gasteiger partial charge < -0.3 is 15.4 Å². The van der Waals surface area contributed by atoms with E-state index in [2.05, 4.69) is 16.8 Å². The normalized spacial score (nSPS) is 23.7. The molecule has 100 valence electrons. The second kappa shape index (κ2) is 5.57. The number of rotatable bonds is 4. The van der Waals surface area contributed by atoms with Gasteiger partial charge in [-0.1, -0.05) is 6.92 Å². The smallest absolute Gasteiger partial charge is 0.171 e. The summed E-state index contributed by atoms with van der Waals surface area (Å²) in [6.45, 7) is 7.99. The zero-order valence-corrected chi connectivity index (χ0v) is 11.5. The lowest BCUT2D eigenvalue weighted by atomic mass is 10.0. The van der Waals surface area contributed by atoms with E-state index in [4.69, 9.17) is 10.5 Å². The Labute approximate surface area is 109 Å². The molecule has 0 radical (unpaired) electrons. The highest BCUT2D eigenvalue weighted by atomic mass is 16.5. The SMILES string of the molecule is CC(C)Oc1cccnc1N1CCC(C)C1CN. The minimum atomic E-state index is 0.157. The minimum Gasteiger partial charge on any atom is -0.487 e. The van der Waals surface area contributed by atoms with Crippen molar-refractivity contribution in [2.45, 2.75) is 39.3 Å². The summed E-state index contributed by atoms with van der Waals surface area (Å²) in [5.74, 6) is 2.41. The second-order valence-electron chi connectivity index (χ2n) is 5.25. The summed E-state index contributed by atoms with van der Waals surface area (Å²) in [6, 6.07) is 4.27. The summed E-state index contributed by atoms with van der Waals surface area (Å²) in [5, 5.41) is 0. The topological polar surface area (TPSA) is 51.4 Å². The van der Waals surface area contributed by atoms with Crippen molar-refractivity contribution in [2.24, 2.45) is 11.7 Å². The van der Waals surface area contributed by atoms with Crippen molar-refractivity contribution in [1.82, 2.24) is 4.98 Å². The Bertz CT molecular complexity index is 394. The van der Waals surface area contributed by atoms with Crippen LogP contribution < -0.4 is 15.4 Å². The fraction of sp³-hybridized carbons (Fsp3) is 0.643. The van der Waals surface area contributed by atoms with Crippen molar-refractivity contribution in [2.75, 3.05) is 18.0 Å². The van der Waals surface area contributed by atoms with Crippen LogP contribution in [0.1, 0.15) is 27.2 Å². The van der Waals surface area contributed by atoms with Gasteiger partial charge in [0.1, 0.15) is 0 Å². The van der Waals surface area contributed by atoms with E-state index in [0.29, 0.717) is 18.5 Å². The molecule has 0 aliphatic carbocycles. The summed E-state index contributed by atoms with van der Waals surface area (Å²) in [4.78, 5) is 6.79. The minimum absolute atomic E-state index is 0.157. The third-order valence-corrected chi connectivity index (χ3v) is 3.51. The second-order valence-corrected chi connectivity index (χ2v) is 5.25. The van der Waals surface area contributed by atoms with Crippen molar-refractivity contribution in [3.63, 3.8) is 0 Å². The third kappa shape index (κ3) is 2.58. The summed E-state index contributed by atoms with van der Waals surface area (Å²) in [6.07, 6.45) is 3.14. The van der Waals surface area contributed by atoms with Crippen LogP contribution in [0.15, 0.2) is 18.3 Å². The quantitative estimate of drug-likeness (QED) is 0.887. The first-order chi connectivity index (χ1) is 8.63. The molecular weight excluding hydrogens is 226 g/mol.